The van der Waals surface area contributed by atoms with Crippen LogP contribution in [0.5, 0.6) is 0 Å². The average Bonchev–Trinajstić information content (AvgIpc) is 2.48. The molecule has 0 radical (unpaired) electrons. The van der Waals surface area contributed by atoms with Crippen LogP contribution in [0.2, 0.25) is 0 Å². The van der Waals surface area contributed by atoms with Crippen molar-refractivity contribution in [1.29, 1.82) is 0 Å². The quantitative estimate of drug-likeness (QED) is 0.690. The van der Waals surface area contributed by atoms with Crippen molar-refractivity contribution in [2.24, 2.45) is 0 Å². The van der Waals surface area contributed by atoms with Gasteiger partial charge in [0.2, 0.25) is 0 Å². The Labute approximate surface area is 83.8 Å². The number of nitrogens with zero attached hydrogens (tertiary/aromatic N) is 3. The number of fused-ring (bicyclic) bond motifs is 1. The molecule has 0 spiro atoms. The van der Waals surface area contributed by atoms with Gasteiger partial charge < -0.3 is 0 Å². The highest BCUT2D eigenvalue weighted by Crippen LogP contribution is 2.18. The summed E-state index contributed by atoms with van der Waals surface area (Å²) >= 11 is 0. The van der Waals surface area contributed by atoms with E-state index in [1.165, 1.54) is 5.56 Å². The molecule has 0 aliphatic rings. The van der Waals surface area contributed by atoms with E-state index in [1.54, 1.807) is 0 Å². The second-order valence-corrected chi connectivity index (χ2v) is 3.99. The summed E-state index contributed by atoms with van der Waals surface area (Å²) in [5.74, 6) is 0. The molecule has 0 aliphatic heterocycles. The number of pyridine rings is 1. The first-order valence-electron chi connectivity index (χ1n) is 4.91. The van der Waals surface area contributed by atoms with Crippen molar-refractivity contribution in [2.75, 3.05) is 0 Å². The lowest BCUT2D eigenvalue weighted by atomic mass is 10.2. The maximum absolute atomic E-state index is 4.56. The number of aryl methyl sites for hydroxylation is 2. The van der Waals surface area contributed by atoms with E-state index in [0.29, 0.717) is 6.04 Å². The Morgan fingerprint density at radius 3 is 2.64 bits per heavy atom. The molecule has 0 bridgehead atoms. The molecule has 2 aromatic rings. The van der Waals surface area contributed by atoms with Crippen LogP contribution in [0.15, 0.2) is 12.3 Å². The lowest BCUT2D eigenvalue weighted by molar-refractivity contribution is 0.546. The molecule has 0 saturated carbocycles. The van der Waals surface area contributed by atoms with Gasteiger partial charge in [-0.1, -0.05) is 0 Å². The van der Waals surface area contributed by atoms with E-state index in [0.717, 1.165) is 16.7 Å². The van der Waals surface area contributed by atoms with Crippen molar-refractivity contribution in [3.63, 3.8) is 0 Å². The van der Waals surface area contributed by atoms with Crippen LogP contribution >= 0.6 is 0 Å². The minimum Gasteiger partial charge on any atom is -0.245 e. The summed E-state index contributed by atoms with van der Waals surface area (Å²) in [4.78, 5) is 4.56. The zero-order valence-electron chi connectivity index (χ0n) is 9.07. The van der Waals surface area contributed by atoms with Gasteiger partial charge in [0, 0.05) is 17.1 Å². The Morgan fingerprint density at radius 1 is 1.29 bits per heavy atom. The van der Waals surface area contributed by atoms with Crippen LogP contribution in [0.1, 0.15) is 31.1 Å². The van der Waals surface area contributed by atoms with Crippen molar-refractivity contribution in [3.05, 3.63) is 23.5 Å². The maximum atomic E-state index is 4.56. The molecule has 0 aromatic carbocycles. The van der Waals surface area contributed by atoms with Crippen molar-refractivity contribution < 1.29 is 0 Å². The highest BCUT2D eigenvalue weighted by Gasteiger charge is 2.08. The molecule has 0 unspecified atom stereocenters. The van der Waals surface area contributed by atoms with E-state index >= 15 is 0 Å². The number of aromatic nitrogens is 3. The van der Waals surface area contributed by atoms with Gasteiger partial charge in [-0.25, -0.2) is 9.67 Å². The molecule has 0 saturated heterocycles. The minimum absolute atomic E-state index is 0.363. The van der Waals surface area contributed by atoms with Crippen molar-refractivity contribution >= 4 is 11.0 Å². The van der Waals surface area contributed by atoms with Crippen LogP contribution in [0.4, 0.5) is 0 Å². The first-order valence-corrected chi connectivity index (χ1v) is 4.91. The van der Waals surface area contributed by atoms with Gasteiger partial charge in [-0.2, -0.15) is 5.10 Å². The number of hydrogen-bond acceptors (Lipinski definition) is 2. The lowest BCUT2D eigenvalue weighted by Crippen LogP contribution is -2.04. The lowest BCUT2D eigenvalue weighted by Gasteiger charge is -2.07. The molecular weight excluding hydrogens is 174 g/mol. The zero-order chi connectivity index (χ0) is 10.3. The molecule has 3 heteroatoms. The Bertz CT molecular complexity index is 469. The smallest absolute Gasteiger partial charge is 0.158 e. The molecule has 2 heterocycles. The summed E-state index contributed by atoms with van der Waals surface area (Å²) in [5.41, 5.74) is 3.30. The molecule has 0 N–H and O–H groups in total. The van der Waals surface area contributed by atoms with Crippen LogP contribution < -0.4 is 0 Å². The molecule has 0 aliphatic carbocycles. The van der Waals surface area contributed by atoms with Crippen LogP contribution in [0.25, 0.3) is 11.0 Å². The topological polar surface area (TPSA) is 30.7 Å². The normalized spacial score (nSPS) is 11.5. The molecule has 2 rings (SSSR count). The standard InChI is InChI=1S/C11H15N3/c1-7(2)14-11-10(6-12-14)5-8(3)9(4)13-11/h5-7H,1-4H3. The minimum atomic E-state index is 0.363. The first kappa shape index (κ1) is 9.19. The third-order valence-electron chi connectivity index (χ3n) is 2.50. The third kappa shape index (κ3) is 1.29. The number of rotatable bonds is 1. The molecule has 74 valence electrons. The van der Waals surface area contributed by atoms with E-state index in [9.17, 15) is 0 Å². The van der Waals surface area contributed by atoms with Crippen LogP contribution in [0, 0.1) is 13.8 Å². The molecule has 14 heavy (non-hydrogen) atoms. The largest absolute Gasteiger partial charge is 0.245 e. The summed E-state index contributed by atoms with van der Waals surface area (Å²) in [7, 11) is 0. The highest BCUT2D eigenvalue weighted by molar-refractivity contribution is 5.75. The van der Waals surface area contributed by atoms with Gasteiger partial charge in [-0.15, -0.1) is 0 Å². The second kappa shape index (κ2) is 3.08. The summed E-state index contributed by atoms with van der Waals surface area (Å²) < 4.78 is 1.96. The molecule has 2 aromatic heterocycles. The van der Waals surface area contributed by atoms with Gasteiger partial charge in [0.15, 0.2) is 5.65 Å². The molecule has 0 fully saturated rings. The van der Waals surface area contributed by atoms with E-state index in [4.69, 9.17) is 0 Å². The van der Waals surface area contributed by atoms with E-state index < -0.39 is 0 Å². The van der Waals surface area contributed by atoms with Gasteiger partial charge in [0.05, 0.1) is 6.20 Å². The maximum Gasteiger partial charge on any atom is 0.158 e. The predicted molar refractivity (Wildman–Crippen MR) is 57.4 cm³/mol. The van der Waals surface area contributed by atoms with Crippen LogP contribution in [-0.2, 0) is 0 Å². The SMILES string of the molecule is Cc1cc2cnn(C(C)C)c2nc1C. The molecule has 0 atom stereocenters. The fourth-order valence-electron chi connectivity index (χ4n) is 1.55. The predicted octanol–water partition coefficient (Wildman–Crippen LogP) is 2.63. The van der Waals surface area contributed by atoms with E-state index in [1.807, 2.05) is 17.8 Å². The van der Waals surface area contributed by atoms with Gasteiger partial charge in [0.25, 0.3) is 0 Å². The van der Waals surface area contributed by atoms with Crippen molar-refractivity contribution in [3.8, 4) is 0 Å². The van der Waals surface area contributed by atoms with E-state index in [2.05, 4.69) is 36.9 Å². The Hall–Kier alpha value is -1.38. The fraction of sp³-hybridized carbons (Fsp3) is 0.455. The van der Waals surface area contributed by atoms with Gasteiger partial charge in [-0.05, 0) is 39.3 Å². The van der Waals surface area contributed by atoms with Crippen LogP contribution in [-0.4, -0.2) is 14.8 Å². The summed E-state index contributed by atoms with van der Waals surface area (Å²) in [6.07, 6.45) is 1.88. The Morgan fingerprint density at radius 2 is 2.00 bits per heavy atom. The molecule has 0 amide bonds. The van der Waals surface area contributed by atoms with Crippen LogP contribution in [0.3, 0.4) is 0 Å². The number of hydrogen-bond donors (Lipinski definition) is 0. The van der Waals surface area contributed by atoms with E-state index in [-0.39, 0.29) is 0 Å². The zero-order valence-corrected chi connectivity index (χ0v) is 9.07. The van der Waals surface area contributed by atoms with Gasteiger partial charge in [0.1, 0.15) is 0 Å². The highest BCUT2D eigenvalue weighted by atomic mass is 15.3. The summed E-state index contributed by atoms with van der Waals surface area (Å²) in [6.45, 7) is 8.34. The Balaban J connectivity index is 2.74. The fourth-order valence-corrected chi connectivity index (χ4v) is 1.55. The first-order chi connectivity index (χ1) is 6.59. The molecular formula is C11H15N3. The third-order valence-corrected chi connectivity index (χ3v) is 2.50. The Kier molecular flexibility index (Phi) is 2.02. The van der Waals surface area contributed by atoms with Crippen molar-refractivity contribution in [1.82, 2.24) is 14.8 Å². The van der Waals surface area contributed by atoms with Crippen molar-refractivity contribution in [2.45, 2.75) is 33.7 Å². The van der Waals surface area contributed by atoms with Gasteiger partial charge >= 0.3 is 0 Å². The monoisotopic (exact) mass is 189 g/mol. The summed E-state index contributed by atoms with van der Waals surface area (Å²) in [6, 6.07) is 2.51. The summed E-state index contributed by atoms with van der Waals surface area (Å²) in [5, 5.41) is 5.46. The average molecular weight is 189 g/mol. The van der Waals surface area contributed by atoms with Gasteiger partial charge in [-0.3, -0.25) is 0 Å². The second-order valence-electron chi connectivity index (χ2n) is 3.99. The molecule has 3 nitrogen and oxygen atoms in total.